The highest BCUT2D eigenvalue weighted by molar-refractivity contribution is 5.85. The van der Waals surface area contributed by atoms with E-state index in [-0.39, 0.29) is 12.4 Å². The maximum atomic E-state index is 3.95. The first-order valence-corrected chi connectivity index (χ1v) is 3.91. The van der Waals surface area contributed by atoms with Crippen molar-refractivity contribution in [3.8, 4) is 0 Å². The third kappa shape index (κ3) is 1.92. The number of hydrogen-bond donors (Lipinski definition) is 2. The van der Waals surface area contributed by atoms with Gasteiger partial charge in [0.1, 0.15) is 0 Å². The van der Waals surface area contributed by atoms with Crippen molar-refractivity contribution in [2.45, 2.75) is 18.8 Å². The number of aromatic amines is 1. The second kappa shape index (κ2) is 4.37. The van der Waals surface area contributed by atoms with Gasteiger partial charge >= 0.3 is 0 Å². The zero-order valence-corrected chi connectivity index (χ0v) is 7.47. The zero-order valence-electron chi connectivity index (χ0n) is 6.66. The molecule has 2 N–H and O–H groups in total. The number of rotatable bonds is 1. The molecule has 12 heavy (non-hydrogen) atoms. The summed E-state index contributed by atoms with van der Waals surface area (Å²) in [6.45, 7) is 2.11. The van der Waals surface area contributed by atoms with Gasteiger partial charge in [0.25, 0.3) is 0 Å². The van der Waals surface area contributed by atoms with Crippen LogP contribution in [0.3, 0.4) is 0 Å². The SMILES string of the molecule is C1CNC[C@@H](c2nn[nH]n2)C1.Cl. The van der Waals surface area contributed by atoms with Crippen LogP contribution < -0.4 is 5.32 Å². The van der Waals surface area contributed by atoms with Crippen LogP contribution in [0.4, 0.5) is 0 Å². The minimum Gasteiger partial charge on any atom is -0.316 e. The van der Waals surface area contributed by atoms with Gasteiger partial charge in [0, 0.05) is 12.5 Å². The van der Waals surface area contributed by atoms with Gasteiger partial charge in [-0.3, -0.25) is 0 Å². The lowest BCUT2D eigenvalue weighted by Crippen LogP contribution is -2.28. The van der Waals surface area contributed by atoms with Crippen LogP contribution in [-0.4, -0.2) is 33.7 Å². The molecular formula is C6H12ClN5. The van der Waals surface area contributed by atoms with E-state index >= 15 is 0 Å². The predicted octanol–water partition coefficient (Wildman–Crippen LogP) is 0.0885. The molecule has 0 amide bonds. The maximum absolute atomic E-state index is 3.95. The van der Waals surface area contributed by atoms with Gasteiger partial charge < -0.3 is 5.32 Å². The summed E-state index contributed by atoms with van der Waals surface area (Å²) in [5, 5.41) is 17.2. The fourth-order valence-electron chi connectivity index (χ4n) is 1.41. The standard InChI is InChI=1S/C6H11N5.ClH/c1-2-5(4-7-3-1)6-8-10-11-9-6;/h5,7H,1-4H2,(H,8,9,10,11);1H/t5-;/m0./s1. The second-order valence-electron chi connectivity index (χ2n) is 2.81. The van der Waals surface area contributed by atoms with E-state index in [1.807, 2.05) is 0 Å². The number of nitrogens with zero attached hydrogens (tertiary/aromatic N) is 3. The normalized spacial score (nSPS) is 23.2. The van der Waals surface area contributed by atoms with Crippen LogP contribution in [0.25, 0.3) is 0 Å². The number of nitrogens with one attached hydrogen (secondary N) is 2. The molecule has 2 heterocycles. The average Bonchev–Trinajstić information content (AvgIpc) is 2.58. The highest BCUT2D eigenvalue weighted by Gasteiger charge is 2.18. The van der Waals surface area contributed by atoms with E-state index < -0.39 is 0 Å². The topological polar surface area (TPSA) is 66.5 Å². The summed E-state index contributed by atoms with van der Waals surface area (Å²) in [6, 6.07) is 0. The third-order valence-corrected chi connectivity index (χ3v) is 2.02. The van der Waals surface area contributed by atoms with Crippen molar-refractivity contribution < 1.29 is 0 Å². The summed E-state index contributed by atoms with van der Waals surface area (Å²) in [7, 11) is 0. The highest BCUT2D eigenvalue weighted by atomic mass is 35.5. The predicted molar refractivity (Wildman–Crippen MR) is 46.3 cm³/mol. The van der Waals surface area contributed by atoms with E-state index in [4.69, 9.17) is 0 Å². The Morgan fingerprint density at radius 2 is 2.33 bits per heavy atom. The van der Waals surface area contributed by atoms with Gasteiger partial charge in [-0.25, -0.2) is 0 Å². The first-order valence-electron chi connectivity index (χ1n) is 3.91. The molecule has 5 nitrogen and oxygen atoms in total. The van der Waals surface area contributed by atoms with Crippen LogP contribution in [0.2, 0.25) is 0 Å². The summed E-state index contributed by atoms with van der Waals surface area (Å²) in [5.74, 6) is 1.31. The van der Waals surface area contributed by atoms with E-state index in [9.17, 15) is 0 Å². The Morgan fingerprint density at radius 1 is 1.42 bits per heavy atom. The molecule has 0 radical (unpaired) electrons. The minimum absolute atomic E-state index is 0. The number of H-pyrrole nitrogens is 1. The quantitative estimate of drug-likeness (QED) is 0.657. The lowest BCUT2D eigenvalue weighted by Gasteiger charge is -2.18. The van der Waals surface area contributed by atoms with Gasteiger partial charge in [-0.15, -0.1) is 22.6 Å². The average molecular weight is 190 g/mol. The van der Waals surface area contributed by atoms with Gasteiger partial charge in [-0.2, -0.15) is 5.21 Å². The van der Waals surface area contributed by atoms with Crippen molar-refractivity contribution in [1.82, 2.24) is 25.9 Å². The fraction of sp³-hybridized carbons (Fsp3) is 0.833. The minimum atomic E-state index is 0. The van der Waals surface area contributed by atoms with Gasteiger partial charge in [0.05, 0.1) is 0 Å². The molecule has 2 rings (SSSR count). The summed E-state index contributed by atoms with van der Waals surface area (Å²) in [5.41, 5.74) is 0. The smallest absolute Gasteiger partial charge is 0.178 e. The second-order valence-corrected chi connectivity index (χ2v) is 2.81. The summed E-state index contributed by atoms with van der Waals surface area (Å²) < 4.78 is 0. The molecule has 1 aromatic heterocycles. The Kier molecular flexibility index (Phi) is 3.43. The van der Waals surface area contributed by atoms with E-state index in [0.717, 1.165) is 18.9 Å². The molecule has 1 atom stereocenters. The first-order chi connectivity index (χ1) is 5.47. The summed E-state index contributed by atoms with van der Waals surface area (Å²) >= 11 is 0. The van der Waals surface area contributed by atoms with Crippen LogP contribution in [0.5, 0.6) is 0 Å². The number of halogens is 1. The van der Waals surface area contributed by atoms with E-state index in [0.29, 0.717) is 5.92 Å². The van der Waals surface area contributed by atoms with Crippen LogP contribution in [0, 0.1) is 0 Å². The lowest BCUT2D eigenvalue weighted by molar-refractivity contribution is 0.447. The van der Waals surface area contributed by atoms with Crippen LogP contribution in [0.15, 0.2) is 0 Å². The Labute approximate surface area is 76.7 Å². The molecule has 6 heteroatoms. The molecule has 1 aromatic rings. The van der Waals surface area contributed by atoms with E-state index in [1.165, 1.54) is 12.8 Å². The van der Waals surface area contributed by atoms with Crippen molar-refractivity contribution in [3.05, 3.63) is 5.82 Å². The Balaban J connectivity index is 0.000000720. The molecule has 1 saturated heterocycles. The molecular weight excluding hydrogens is 178 g/mol. The summed E-state index contributed by atoms with van der Waals surface area (Å²) in [6.07, 6.45) is 2.38. The zero-order chi connectivity index (χ0) is 7.52. The largest absolute Gasteiger partial charge is 0.316 e. The third-order valence-electron chi connectivity index (χ3n) is 2.02. The molecule has 0 unspecified atom stereocenters. The van der Waals surface area contributed by atoms with Gasteiger partial charge in [0.15, 0.2) is 5.82 Å². The molecule has 1 aliphatic heterocycles. The highest BCUT2D eigenvalue weighted by Crippen LogP contribution is 2.17. The van der Waals surface area contributed by atoms with Crippen molar-refractivity contribution in [3.63, 3.8) is 0 Å². The van der Waals surface area contributed by atoms with Crippen LogP contribution in [-0.2, 0) is 0 Å². The number of piperidine rings is 1. The van der Waals surface area contributed by atoms with Crippen molar-refractivity contribution in [2.75, 3.05) is 13.1 Å². The monoisotopic (exact) mass is 189 g/mol. The fourth-order valence-corrected chi connectivity index (χ4v) is 1.41. The Hall–Kier alpha value is -0.680. The molecule has 1 aliphatic rings. The molecule has 1 fully saturated rings. The Morgan fingerprint density at radius 3 is 2.92 bits per heavy atom. The number of hydrogen-bond acceptors (Lipinski definition) is 4. The van der Waals surface area contributed by atoms with E-state index in [2.05, 4.69) is 25.9 Å². The van der Waals surface area contributed by atoms with Gasteiger partial charge in [-0.1, -0.05) is 5.21 Å². The maximum Gasteiger partial charge on any atom is 0.178 e. The molecule has 68 valence electrons. The molecule has 0 saturated carbocycles. The Bertz CT molecular complexity index is 206. The van der Waals surface area contributed by atoms with Crippen molar-refractivity contribution in [1.29, 1.82) is 0 Å². The van der Waals surface area contributed by atoms with E-state index in [1.54, 1.807) is 0 Å². The van der Waals surface area contributed by atoms with Gasteiger partial charge in [-0.05, 0) is 19.4 Å². The lowest BCUT2D eigenvalue weighted by atomic mass is 9.99. The van der Waals surface area contributed by atoms with Crippen LogP contribution >= 0.6 is 12.4 Å². The molecule has 0 bridgehead atoms. The molecule has 0 spiro atoms. The van der Waals surface area contributed by atoms with Crippen molar-refractivity contribution in [2.24, 2.45) is 0 Å². The first kappa shape index (κ1) is 9.41. The van der Waals surface area contributed by atoms with Gasteiger partial charge in [0.2, 0.25) is 0 Å². The summed E-state index contributed by atoms with van der Waals surface area (Å²) in [4.78, 5) is 0. The van der Waals surface area contributed by atoms with Crippen molar-refractivity contribution >= 4 is 12.4 Å². The van der Waals surface area contributed by atoms with Crippen LogP contribution in [0.1, 0.15) is 24.6 Å². The molecule has 0 aliphatic carbocycles. The molecule has 0 aromatic carbocycles. The number of aromatic nitrogens is 4. The number of tetrazole rings is 1.